The molecule has 0 aromatic carbocycles. The van der Waals surface area contributed by atoms with Gasteiger partial charge in [0.25, 0.3) is 5.91 Å². The van der Waals surface area contributed by atoms with Crippen molar-refractivity contribution in [3.8, 4) is 0 Å². The van der Waals surface area contributed by atoms with Crippen LogP contribution in [-0.4, -0.2) is 230 Å². The number of aliphatic hydroxyl groups is 2. The Bertz CT molecular complexity index is 2440. The highest BCUT2D eigenvalue weighted by Gasteiger charge is 2.40. The molecule has 35 heteroatoms. The van der Waals surface area contributed by atoms with Crippen molar-refractivity contribution < 1.29 is 58.2 Å². The van der Waals surface area contributed by atoms with E-state index in [9.17, 15) is 58.2 Å². The fourth-order valence-electron chi connectivity index (χ4n) is 9.50. The highest BCUT2D eigenvalue weighted by atomic mass is 16.3. The monoisotopic (exact) mass is 1280 g/mol. The van der Waals surface area contributed by atoms with Gasteiger partial charge in [0.05, 0.1) is 31.1 Å². The minimum Gasteiger partial charge on any atom is -0.389 e. The molecule has 35 nitrogen and oxygen atoms in total. The number of amides is 10. The van der Waals surface area contributed by atoms with E-state index >= 15 is 0 Å². The number of likely N-dealkylation sites (tertiary alicyclic amines) is 1. The van der Waals surface area contributed by atoms with Crippen molar-refractivity contribution in [2.45, 2.75) is 170 Å². The molecule has 1 saturated heterocycles. The van der Waals surface area contributed by atoms with E-state index in [0.29, 0.717) is 96.1 Å². The van der Waals surface area contributed by atoms with Gasteiger partial charge < -0.3 is 125 Å². The quantitative estimate of drug-likeness (QED) is 0.0125. The number of carbonyl (C=O) groups is 10. The van der Waals surface area contributed by atoms with Crippen molar-refractivity contribution in [2.24, 2.45) is 56.6 Å². The van der Waals surface area contributed by atoms with Crippen LogP contribution in [0.25, 0.3) is 0 Å². The van der Waals surface area contributed by atoms with Crippen molar-refractivity contribution in [3.05, 3.63) is 30.0 Å². The first-order valence-corrected chi connectivity index (χ1v) is 30.8. The zero-order valence-electron chi connectivity index (χ0n) is 51.8. The van der Waals surface area contributed by atoms with Crippen LogP contribution in [-0.2, 0) is 54.4 Å². The Morgan fingerprint density at radius 1 is 0.633 bits per heavy atom. The lowest BCUT2D eigenvalue weighted by Gasteiger charge is -2.30. The maximum atomic E-state index is 14.5. The summed E-state index contributed by atoms with van der Waals surface area (Å²) in [4.78, 5) is 151. The first kappa shape index (κ1) is 78.6. The van der Waals surface area contributed by atoms with Crippen LogP contribution in [0.5, 0.6) is 0 Å². The number of hydrogen-bond acceptors (Lipinski definition) is 22. The molecule has 31 N–H and O–H groups in total. The van der Waals surface area contributed by atoms with Crippen LogP contribution >= 0.6 is 0 Å². The van der Waals surface area contributed by atoms with E-state index in [-0.39, 0.29) is 82.8 Å². The van der Waals surface area contributed by atoms with Gasteiger partial charge in [-0.15, -0.1) is 0 Å². The third-order valence-electron chi connectivity index (χ3n) is 14.6. The van der Waals surface area contributed by atoms with E-state index in [0.717, 1.165) is 0 Å². The molecule has 1 aliphatic heterocycles. The molecule has 510 valence electrons. The average Bonchev–Trinajstić information content (AvgIpc) is 2.14. The van der Waals surface area contributed by atoms with Crippen LogP contribution in [0.2, 0.25) is 0 Å². The number of carbonyl (C=O) groups excluding carboxylic acids is 10. The molecule has 1 fully saturated rings. The molecular formula is C55H103N23O12. The normalized spacial score (nSPS) is 16.1. The van der Waals surface area contributed by atoms with Gasteiger partial charge in [-0.05, 0) is 136 Å². The van der Waals surface area contributed by atoms with Gasteiger partial charge in [-0.25, -0.2) is 4.98 Å². The largest absolute Gasteiger partial charge is 0.389 e. The molecule has 0 bridgehead atoms. The maximum absolute atomic E-state index is 14.5. The molecule has 10 atom stereocenters. The van der Waals surface area contributed by atoms with Crippen LogP contribution < -0.4 is 105 Å². The van der Waals surface area contributed by atoms with Gasteiger partial charge in [-0.1, -0.05) is 12.5 Å². The zero-order chi connectivity index (χ0) is 67.0. The topological polar surface area (TPSA) is 610 Å². The number of H-pyrrole nitrogens is 1. The number of aromatic nitrogens is 2. The van der Waals surface area contributed by atoms with Crippen molar-refractivity contribution >= 4 is 65.0 Å². The highest BCUT2D eigenvalue weighted by molar-refractivity contribution is 6.02. The van der Waals surface area contributed by atoms with E-state index in [4.69, 9.17) is 51.6 Å². The van der Waals surface area contributed by atoms with Crippen molar-refractivity contribution in [1.82, 2.24) is 68.0 Å². The number of aromatic amines is 1. The van der Waals surface area contributed by atoms with Gasteiger partial charge in [-0.2, -0.15) is 0 Å². The summed E-state index contributed by atoms with van der Waals surface area (Å²) in [5.74, 6) is -8.40. The predicted molar refractivity (Wildman–Crippen MR) is 334 cm³/mol. The number of nitrogens with one attached hydrogen (secondary N) is 11. The first-order chi connectivity index (χ1) is 43.1. The van der Waals surface area contributed by atoms with Crippen LogP contribution in [0.4, 0.5) is 0 Å². The molecule has 1 aromatic rings. The van der Waals surface area contributed by atoms with E-state index in [1.807, 2.05) is 0 Å². The lowest BCUT2D eigenvalue weighted by atomic mass is 10.0. The minimum absolute atomic E-state index is 0.0166. The number of nitrogens with two attached hydrogens (primary N) is 9. The van der Waals surface area contributed by atoms with Gasteiger partial charge in [0.2, 0.25) is 53.2 Å². The Hall–Kier alpha value is -7.48. The molecule has 2 rings (SSSR count). The van der Waals surface area contributed by atoms with Crippen molar-refractivity contribution in [2.75, 3.05) is 79.0 Å². The summed E-state index contributed by atoms with van der Waals surface area (Å²) in [6.07, 6.45) is 6.19. The molecule has 10 amide bonds. The van der Waals surface area contributed by atoms with E-state index in [2.05, 4.69) is 68.1 Å². The number of aliphatic imine (C=N–C) groups is 1. The molecule has 0 aliphatic carbocycles. The Kier molecular flexibility index (Phi) is 39.2. The third-order valence-corrected chi connectivity index (χ3v) is 14.6. The van der Waals surface area contributed by atoms with Crippen LogP contribution in [0, 0.1) is 0 Å². The van der Waals surface area contributed by atoms with Crippen LogP contribution in [0.1, 0.15) is 108 Å². The molecule has 1 aromatic heterocycles. The zero-order valence-corrected chi connectivity index (χ0v) is 51.8. The summed E-state index contributed by atoms with van der Waals surface area (Å²) in [6, 6.07) is -10.5. The number of unbranched alkanes of at least 4 members (excludes halogenated alkanes) is 4. The summed E-state index contributed by atoms with van der Waals surface area (Å²) in [7, 11) is 1.53. The van der Waals surface area contributed by atoms with E-state index in [1.165, 1.54) is 30.5 Å². The number of aliphatic hydroxyl groups excluding tert-OH is 2. The third kappa shape index (κ3) is 29.0. The van der Waals surface area contributed by atoms with E-state index < -0.39 is 139 Å². The maximum Gasteiger partial charge on any atom is 0.268 e. The highest BCUT2D eigenvalue weighted by Crippen LogP contribution is 2.21. The molecule has 0 saturated carbocycles. The summed E-state index contributed by atoms with van der Waals surface area (Å²) < 4.78 is 0. The predicted octanol–water partition coefficient (Wildman–Crippen LogP) is -9.16. The Morgan fingerprint density at radius 2 is 1.19 bits per heavy atom. The molecular weight excluding hydrogens is 1170 g/mol. The molecule has 90 heavy (non-hydrogen) atoms. The average molecular weight is 1280 g/mol. The SMILES string of the molecule is CN[C@@H](CCCCN)C(=O)N[C@H](C(=O)N[C@H](C(=O)NCC(=O)N[C@H](CCCN)C(=O)N1CCC[C@H]1C(=O)N[C@@H](Cc1cnc[nH]1)C(=O)N[C@@H](CCCCN)C(=O)N/C(=C\CCN=C(N)N)C(=O)N[C@@H](CCCCN)C(=O)NCCCCN)[C@@H](O)CN)[C@@H](O)CN. The lowest BCUT2D eigenvalue weighted by Crippen LogP contribution is -2.63. The Labute approximate surface area is 525 Å². The summed E-state index contributed by atoms with van der Waals surface area (Å²) in [6.45, 7) is 0.0345. The number of guanidine groups is 1. The smallest absolute Gasteiger partial charge is 0.268 e. The van der Waals surface area contributed by atoms with Gasteiger partial charge in [0.15, 0.2) is 5.96 Å². The standard InChI is InChI=1S/C55H103N23O12/c1-65-34(13-2-5-19-56)47(83)76-45(42(80)29-62)53(89)77-44(41(79)28-61)52(88)69-31-43(81)71-38(16-10-23-60)54(90)78-26-12-18-40(78)51(87)75-39(27-33-30-66-32-70-33)50(86)74-36(15-4-7-21-58)48(84)73-37(17-11-25-68-55(63)64)49(85)72-35(14-3-6-20-57)46(82)67-24-9-8-22-59/h17,30,32,34-36,38-42,44-45,65,79-80H,2-16,18-29,31,56-62H2,1H3,(H,66,70)(H,67,82)(H,69,88)(H,71,81)(H,72,85)(H,73,84)(H,74,86)(H,75,87)(H,76,83)(H,77,89)(H4,63,64,68)/b37-17-/t34-,35-,36-,38+,39-,40-,41-,42-,44-,45-/m0/s1. The number of imidazole rings is 1. The van der Waals surface area contributed by atoms with Crippen LogP contribution in [0.3, 0.4) is 0 Å². The second-order valence-electron chi connectivity index (χ2n) is 21.7. The fraction of sp³-hybridized carbons (Fsp3) is 0.709. The van der Waals surface area contributed by atoms with Gasteiger partial charge in [-0.3, -0.25) is 52.9 Å². The molecule has 0 unspecified atom stereocenters. The number of likely N-dealkylation sites (N-methyl/N-ethyl adjacent to an activating group) is 1. The van der Waals surface area contributed by atoms with Crippen molar-refractivity contribution in [1.29, 1.82) is 0 Å². The summed E-state index contributed by atoms with van der Waals surface area (Å²) >= 11 is 0. The number of rotatable bonds is 47. The van der Waals surface area contributed by atoms with Crippen LogP contribution in [0.15, 0.2) is 29.3 Å². The van der Waals surface area contributed by atoms with Gasteiger partial charge >= 0.3 is 0 Å². The first-order valence-electron chi connectivity index (χ1n) is 30.8. The van der Waals surface area contributed by atoms with Crippen molar-refractivity contribution in [3.63, 3.8) is 0 Å². The lowest BCUT2D eigenvalue weighted by molar-refractivity contribution is -0.142. The molecule has 2 heterocycles. The molecule has 0 radical (unpaired) electrons. The molecule has 1 aliphatic rings. The summed E-state index contributed by atoms with van der Waals surface area (Å²) in [5.41, 5.74) is 51.1. The van der Waals surface area contributed by atoms with Gasteiger partial charge in [0, 0.05) is 51.0 Å². The number of nitrogens with zero attached hydrogens (tertiary/aromatic N) is 3. The van der Waals surface area contributed by atoms with Gasteiger partial charge in [0.1, 0.15) is 48.0 Å². The summed E-state index contributed by atoms with van der Waals surface area (Å²) in [5, 5.41) is 47.4. The number of hydrogen-bond donors (Lipinski definition) is 22. The minimum atomic E-state index is -1.82. The Morgan fingerprint density at radius 3 is 1.76 bits per heavy atom. The Balaban J connectivity index is 2.39. The second-order valence-corrected chi connectivity index (χ2v) is 21.7. The second kappa shape index (κ2) is 44.9. The van der Waals surface area contributed by atoms with E-state index in [1.54, 1.807) is 0 Å². The molecule has 0 spiro atoms. The fourth-order valence-corrected chi connectivity index (χ4v) is 9.50.